The van der Waals surface area contributed by atoms with Gasteiger partial charge in [0.05, 0.1) is 11.6 Å². The molecule has 0 aliphatic heterocycles. The van der Waals surface area contributed by atoms with Crippen LogP contribution in [0.15, 0.2) is 23.4 Å². The fourth-order valence-corrected chi connectivity index (χ4v) is 2.10. The van der Waals surface area contributed by atoms with E-state index in [0.29, 0.717) is 5.01 Å². The predicted molar refractivity (Wildman–Crippen MR) is 72.8 cm³/mol. The van der Waals surface area contributed by atoms with E-state index in [4.69, 9.17) is 18.1 Å². The summed E-state index contributed by atoms with van der Waals surface area (Å²) in [5.74, 6) is -0.608. The molecule has 0 heterocycles. The molecule has 110 valence electrons. The van der Waals surface area contributed by atoms with E-state index in [2.05, 4.69) is 10.5 Å². The number of aliphatic hydroxyl groups is 1. The normalized spacial score (nSPS) is 23.9. The number of ether oxygens (including phenoxy) is 1. The number of aliphatic hydroxyl groups excluding tert-OH is 1. The quantitative estimate of drug-likeness (QED) is 0.443. The van der Waals surface area contributed by atoms with Crippen LogP contribution in [0, 0.1) is 11.3 Å². The lowest BCUT2D eigenvalue weighted by atomic mass is 9.64. The topological polar surface area (TPSA) is 98.0 Å². The maximum absolute atomic E-state index is 13.4. The molecule has 1 aromatic rings. The van der Waals surface area contributed by atoms with Crippen LogP contribution in [0.5, 0.6) is 5.75 Å². The van der Waals surface area contributed by atoms with Crippen molar-refractivity contribution in [3.05, 3.63) is 24.0 Å². The fraction of sp³-hybridized carbons (Fsp3) is 0.417. The highest BCUT2D eigenvalue weighted by atomic mass is 19.1. The number of carbonyl (C=O) groups excluding carboxylic acids is 1. The van der Waals surface area contributed by atoms with E-state index in [1.807, 2.05) is 0 Å². The molecule has 2 amide bonds. The van der Waals surface area contributed by atoms with Crippen LogP contribution in [-0.4, -0.2) is 37.6 Å². The first-order valence-corrected chi connectivity index (χ1v) is 6.23. The molecule has 0 saturated heterocycles. The van der Waals surface area contributed by atoms with Crippen molar-refractivity contribution < 1.29 is 19.0 Å². The average molecular weight is 292 g/mol. The number of amides is 2. The van der Waals surface area contributed by atoms with E-state index in [9.17, 15) is 14.3 Å². The maximum Gasteiger partial charge on any atom is 0.343 e. The smallest absolute Gasteiger partial charge is 0.343 e. The SMILES string of the molecule is [B]C1(Oc2cc(F)ccc2N(N=N)C(=O)NC)CC(O)C1. The van der Waals surface area contributed by atoms with Crippen LogP contribution in [-0.2, 0) is 0 Å². The number of halogens is 1. The van der Waals surface area contributed by atoms with Crippen molar-refractivity contribution in [2.75, 3.05) is 12.1 Å². The molecule has 0 atom stereocenters. The lowest BCUT2D eigenvalue weighted by Crippen LogP contribution is -2.52. The number of hydrogen-bond donors (Lipinski definition) is 3. The van der Waals surface area contributed by atoms with Crippen LogP contribution >= 0.6 is 0 Å². The molecule has 0 spiro atoms. The van der Waals surface area contributed by atoms with E-state index in [-0.39, 0.29) is 24.3 Å². The van der Waals surface area contributed by atoms with Gasteiger partial charge in [-0.25, -0.2) is 9.18 Å². The van der Waals surface area contributed by atoms with E-state index in [1.165, 1.54) is 13.1 Å². The van der Waals surface area contributed by atoms with Crippen LogP contribution in [0.25, 0.3) is 0 Å². The molecule has 1 saturated carbocycles. The first-order valence-electron chi connectivity index (χ1n) is 6.23. The van der Waals surface area contributed by atoms with E-state index in [0.717, 1.165) is 12.1 Å². The number of anilines is 1. The molecule has 2 rings (SSSR count). The second kappa shape index (κ2) is 5.68. The minimum Gasteiger partial charge on any atom is -0.495 e. The molecule has 0 bridgehead atoms. The second-order valence-corrected chi connectivity index (χ2v) is 4.81. The van der Waals surface area contributed by atoms with Gasteiger partial charge in [-0.1, -0.05) is 5.22 Å². The Kier molecular flexibility index (Phi) is 4.12. The molecule has 3 N–H and O–H groups in total. The van der Waals surface area contributed by atoms with Gasteiger partial charge in [-0.15, -0.1) is 0 Å². The van der Waals surface area contributed by atoms with Gasteiger partial charge in [0.15, 0.2) is 0 Å². The zero-order chi connectivity index (χ0) is 15.6. The Hall–Kier alpha value is -2.16. The summed E-state index contributed by atoms with van der Waals surface area (Å²) in [5.41, 5.74) is 6.03. The summed E-state index contributed by atoms with van der Waals surface area (Å²) in [5, 5.41) is 15.4. The number of rotatable bonds is 4. The average Bonchev–Trinajstić information content (AvgIpc) is 2.39. The van der Waals surface area contributed by atoms with Crippen molar-refractivity contribution in [2.24, 2.45) is 5.22 Å². The van der Waals surface area contributed by atoms with E-state index >= 15 is 0 Å². The highest BCUT2D eigenvalue weighted by Gasteiger charge is 2.41. The van der Waals surface area contributed by atoms with Crippen LogP contribution in [0.1, 0.15) is 12.8 Å². The third-order valence-corrected chi connectivity index (χ3v) is 3.13. The summed E-state index contributed by atoms with van der Waals surface area (Å²) < 4.78 is 18.9. The molecule has 1 aliphatic rings. The minimum absolute atomic E-state index is 0.0241. The van der Waals surface area contributed by atoms with Gasteiger partial charge in [0, 0.05) is 26.0 Å². The van der Waals surface area contributed by atoms with Crippen LogP contribution in [0.2, 0.25) is 0 Å². The summed E-state index contributed by atoms with van der Waals surface area (Å²) in [6.45, 7) is 0. The van der Waals surface area contributed by atoms with Gasteiger partial charge in [0.1, 0.15) is 25.1 Å². The van der Waals surface area contributed by atoms with Gasteiger partial charge in [-0.05, 0) is 12.1 Å². The Bertz CT molecular complexity index is 565. The lowest BCUT2D eigenvalue weighted by molar-refractivity contribution is -0.0395. The molecule has 7 nitrogen and oxygen atoms in total. The Morgan fingerprint density at radius 1 is 1.67 bits per heavy atom. The zero-order valence-corrected chi connectivity index (χ0v) is 11.3. The highest BCUT2D eigenvalue weighted by Crippen LogP contribution is 2.38. The largest absolute Gasteiger partial charge is 0.495 e. The maximum atomic E-state index is 13.4. The molecular formula is C12H14BFN4O3. The van der Waals surface area contributed by atoms with Gasteiger partial charge >= 0.3 is 6.03 Å². The van der Waals surface area contributed by atoms with Crippen molar-refractivity contribution in [1.29, 1.82) is 5.53 Å². The fourth-order valence-electron chi connectivity index (χ4n) is 2.10. The van der Waals surface area contributed by atoms with Gasteiger partial charge < -0.3 is 15.2 Å². The Morgan fingerprint density at radius 2 is 2.33 bits per heavy atom. The number of nitrogens with zero attached hydrogens (tertiary/aromatic N) is 2. The third kappa shape index (κ3) is 3.13. The molecule has 2 radical (unpaired) electrons. The lowest BCUT2D eigenvalue weighted by Gasteiger charge is -2.43. The van der Waals surface area contributed by atoms with E-state index < -0.39 is 23.5 Å². The molecular weight excluding hydrogens is 278 g/mol. The standard InChI is InChI=1S/C12H14BFN4O3/c1-16-11(20)18(17-15)9-3-2-7(14)4-10(9)21-12(13)5-8(19)6-12/h2-4,8,15,19H,5-6H2,1H3,(H,16,20). The Balaban J connectivity index is 2.33. The number of urea groups is 1. The van der Waals surface area contributed by atoms with Gasteiger partial charge in [-0.3, -0.25) is 0 Å². The molecule has 1 fully saturated rings. The summed E-state index contributed by atoms with van der Waals surface area (Å²) in [6.07, 6.45) is -0.176. The summed E-state index contributed by atoms with van der Waals surface area (Å²) >= 11 is 0. The second-order valence-electron chi connectivity index (χ2n) is 4.81. The Morgan fingerprint density at radius 3 is 2.86 bits per heavy atom. The molecule has 1 aliphatic carbocycles. The summed E-state index contributed by atoms with van der Waals surface area (Å²) in [6, 6.07) is 2.75. The predicted octanol–water partition coefficient (Wildman–Crippen LogP) is 1.32. The first-order chi connectivity index (χ1) is 9.88. The number of carbonyl (C=O) groups is 1. The first kappa shape index (κ1) is 15.2. The zero-order valence-electron chi connectivity index (χ0n) is 11.3. The molecule has 21 heavy (non-hydrogen) atoms. The van der Waals surface area contributed by atoms with Crippen molar-refractivity contribution in [1.82, 2.24) is 5.32 Å². The molecule has 1 aromatic carbocycles. The number of nitrogens with one attached hydrogen (secondary N) is 2. The summed E-state index contributed by atoms with van der Waals surface area (Å²) in [4.78, 5) is 11.7. The molecule has 0 aromatic heterocycles. The van der Waals surface area contributed by atoms with Crippen LogP contribution < -0.4 is 15.1 Å². The number of hydrogen-bond acceptors (Lipinski definition) is 5. The van der Waals surface area contributed by atoms with Crippen molar-refractivity contribution in [2.45, 2.75) is 24.4 Å². The van der Waals surface area contributed by atoms with Crippen molar-refractivity contribution >= 4 is 19.6 Å². The summed E-state index contributed by atoms with van der Waals surface area (Å²) in [7, 11) is 7.27. The van der Waals surface area contributed by atoms with E-state index in [1.54, 1.807) is 0 Å². The van der Waals surface area contributed by atoms with Gasteiger partial charge in [-0.2, -0.15) is 10.5 Å². The monoisotopic (exact) mass is 292 g/mol. The van der Waals surface area contributed by atoms with Crippen molar-refractivity contribution in [3.8, 4) is 5.75 Å². The van der Waals surface area contributed by atoms with Crippen LogP contribution in [0.4, 0.5) is 14.9 Å². The molecule has 9 heteroatoms. The molecule has 0 unspecified atom stereocenters. The van der Waals surface area contributed by atoms with Crippen LogP contribution in [0.3, 0.4) is 0 Å². The Labute approximate surface area is 122 Å². The highest BCUT2D eigenvalue weighted by molar-refractivity contribution is 6.15. The van der Waals surface area contributed by atoms with Gasteiger partial charge in [0.25, 0.3) is 0 Å². The third-order valence-electron chi connectivity index (χ3n) is 3.13. The minimum atomic E-state index is -1.13. The van der Waals surface area contributed by atoms with Gasteiger partial charge in [0.2, 0.25) is 0 Å². The number of benzene rings is 1. The van der Waals surface area contributed by atoms with Crippen molar-refractivity contribution in [3.63, 3.8) is 0 Å².